The number of anilines is 2. The van der Waals surface area contributed by atoms with Crippen LogP contribution < -0.4 is 10.2 Å². The normalized spacial score (nSPS) is 14.0. The minimum Gasteiger partial charge on any atom is -0.465 e. The molecule has 1 aromatic heterocycles. The van der Waals surface area contributed by atoms with Gasteiger partial charge in [0.1, 0.15) is 5.82 Å². The molecular weight excluding hydrogens is 354 g/mol. The molecule has 0 bridgehead atoms. The number of hydrogen-bond acceptors (Lipinski definition) is 5. The Labute approximate surface area is 157 Å². The van der Waals surface area contributed by atoms with Crippen LogP contribution in [-0.4, -0.2) is 37.1 Å². The molecule has 2 heterocycles. The first-order chi connectivity index (χ1) is 12.6. The van der Waals surface area contributed by atoms with Crippen molar-refractivity contribution in [2.45, 2.75) is 19.3 Å². The van der Waals surface area contributed by atoms with E-state index in [0.717, 1.165) is 25.9 Å². The van der Waals surface area contributed by atoms with Crippen LogP contribution in [0.15, 0.2) is 36.5 Å². The zero-order chi connectivity index (χ0) is 18.5. The molecule has 3 rings (SSSR count). The summed E-state index contributed by atoms with van der Waals surface area (Å²) < 4.78 is 4.71. The van der Waals surface area contributed by atoms with Gasteiger partial charge in [0, 0.05) is 25.0 Å². The highest BCUT2D eigenvalue weighted by Gasteiger charge is 2.20. The van der Waals surface area contributed by atoms with Crippen molar-refractivity contribution >= 4 is 35.0 Å². The van der Waals surface area contributed by atoms with Gasteiger partial charge in [0.15, 0.2) is 0 Å². The number of piperidine rings is 1. The largest absolute Gasteiger partial charge is 0.465 e. The number of benzene rings is 1. The fraction of sp³-hybridized carbons (Fsp3) is 0.316. The average molecular weight is 374 g/mol. The Balaban J connectivity index is 1.84. The minimum absolute atomic E-state index is 0.203. The van der Waals surface area contributed by atoms with Gasteiger partial charge in [-0.25, -0.2) is 9.78 Å². The number of pyridine rings is 1. The number of esters is 1. The highest BCUT2D eigenvalue weighted by atomic mass is 35.5. The highest BCUT2D eigenvalue weighted by Crippen LogP contribution is 2.25. The first kappa shape index (κ1) is 18.2. The fourth-order valence-corrected chi connectivity index (χ4v) is 3.19. The Kier molecular flexibility index (Phi) is 5.73. The molecular formula is C19H20ClN3O3. The van der Waals surface area contributed by atoms with E-state index in [1.807, 2.05) is 0 Å². The fourth-order valence-electron chi connectivity index (χ4n) is 3.00. The molecule has 0 radical (unpaired) electrons. The molecule has 1 N–H and O–H groups in total. The third-order valence-electron chi connectivity index (χ3n) is 4.32. The van der Waals surface area contributed by atoms with Gasteiger partial charge in [-0.2, -0.15) is 0 Å². The number of amides is 1. The van der Waals surface area contributed by atoms with E-state index in [1.165, 1.54) is 19.6 Å². The zero-order valence-electron chi connectivity index (χ0n) is 14.5. The molecule has 1 fully saturated rings. The van der Waals surface area contributed by atoms with Crippen molar-refractivity contribution in [2.75, 3.05) is 30.4 Å². The molecule has 0 atom stereocenters. The quantitative estimate of drug-likeness (QED) is 0.826. The van der Waals surface area contributed by atoms with Crippen LogP contribution in [-0.2, 0) is 4.74 Å². The van der Waals surface area contributed by atoms with Crippen LogP contribution >= 0.6 is 11.6 Å². The molecule has 1 aliphatic heterocycles. The lowest BCUT2D eigenvalue weighted by Crippen LogP contribution is -2.32. The summed E-state index contributed by atoms with van der Waals surface area (Å²) in [5.41, 5.74) is 1.17. The Morgan fingerprint density at radius 3 is 2.65 bits per heavy atom. The monoisotopic (exact) mass is 373 g/mol. The van der Waals surface area contributed by atoms with Gasteiger partial charge in [0.05, 0.1) is 23.3 Å². The predicted molar refractivity (Wildman–Crippen MR) is 101 cm³/mol. The van der Waals surface area contributed by atoms with Gasteiger partial charge < -0.3 is 15.0 Å². The number of ether oxygens (including phenoxy) is 1. The first-order valence-electron chi connectivity index (χ1n) is 8.49. The number of carbonyl (C=O) groups excluding carboxylic acids is 2. The van der Waals surface area contributed by atoms with Gasteiger partial charge in [0.25, 0.3) is 5.91 Å². The van der Waals surface area contributed by atoms with E-state index in [0.29, 0.717) is 17.1 Å². The summed E-state index contributed by atoms with van der Waals surface area (Å²) >= 11 is 6.02. The number of carbonyl (C=O) groups is 2. The molecule has 1 amide bonds. The number of halogens is 1. The summed E-state index contributed by atoms with van der Waals surface area (Å²) in [4.78, 5) is 31.1. The topological polar surface area (TPSA) is 71.5 Å². The van der Waals surface area contributed by atoms with E-state index in [4.69, 9.17) is 16.3 Å². The number of methoxy groups -OCH3 is 1. The number of nitrogens with one attached hydrogen (secondary N) is 1. The Hall–Kier alpha value is -2.60. The van der Waals surface area contributed by atoms with Gasteiger partial charge in [-0.05, 0) is 49.6 Å². The molecule has 0 aliphatic carbocycles. The maximum absolute atomic E-state index is 12.8. The van der Waals surface area contributed by atoms with Crippen molar-refractivity contribution < 1.29 is 14.3 Å². The summed E-state index contributed by atoms with van der Waals surface area (Å²) in [5.74, 6) is -0.148. The average Bonchev–Trinajstić information content (AvgIpc) is 2.69. The standard InChI is InChI=1S/C19H20ClN3O3/c1-26-19(25)15-12-13(7-8-16(15)20)22-18(24)14-6-5-9-21-17(14)23-10-3-2-4-11-23/h5-9,12H,2-4,10-11H2,1H3,(H,22,24). The Morgan fingerprint density at radius 1 is 1.15 bits per heavy atom. The summed E-state index contributed by atoms with van der Waals surface area (Å²) in [7, 11) is 1.28. The van der Waals surface area contributed by atoms with Crippen molar-refractivity contribution in [2.24, 2.45) is 0 Å². The number of rotatable bonds is 4. The molecule has 1 aliphatic rings. The summed E-state index contributed by atoms with van der Waals surface area (Å²) in [5, 5.41) is 3.08. The van der Waals surface area contributed by atoms with E-state index < -0.39 is 5.97 Å². The molecule has 1 aromatic carbocycles. The van der Waals surface area contributed by atoms with E-state index >= 15 is 0 Å². The molecule has 7 heteroatoms. The van der Waals surface area contributed by atoms with Crippen molar-refractivity contribution in [1.29, 1.82) is 0 Å². The molecule has 136 valence electrons. The zero-order valence-corrected chi connectivity index (χ0v) is 15.3. The number of nitrogens with zero attached hydrogens (tertiary/aromatic N) is 2. The summed E-state index contributed by atoms with van der Waals surface area (Å²) in [6, 6.07) is 8.19. The van der Waals surface area contributed by atoms with Gasteiger partial charge in [-0.3, -0.25) is 4.79 Å². The highest BCUT2D eigenvalue weighted by molar-refractivity contribution is 6.33. The predicted octanol–water partition coefficient (Wildman–Crippen LogP) is 3.76. The van der Waals surface area contributed by atoms with E-state index in [2.05, 4.69) is 15.2 Å². The van der Waals surface area contributed by atoms with Crippen molar-refractivity contribution in [3.05, 3.63) is 52.7 Å². The first-order valence-corrected chi connectivity index (χ1v) is 8.87. The maximum Gasteiger partial charge on any atom is 0.339 e. The van der Waals surface area contributed by atoms with Gasteiger partial charge in [0.2, 0.25) is 0 Å². The van der Waals surface area contributed by atoms with Crippen LogP contribution in [0.5, 0.6) is 0 Å². The van der Waals surface area contributed by atoms with Crippen LogP contribution in [0, 0.1) is 0 Å². The number of hydrogen-bond donors (Lipinski definition) is 1. The van der Waals surface area contributed by atoms with Crippen molar-refractivity contribution in [1.82, 2.24) is 4.98 Å². The minimum atomic E-state index is -0.554. The molecule has 0 spiro atoms. The van der Waals surface area contributed by atoms with Crippen molar-refractivity contribution in [3.8, 4) is 0 Å². The Morgan fingerprint density at radius 2 is 1.92 bits per heavy atom. The SMILES string of the molecule is COC(=O)c1cc(NC(=O)c2cccnc2N2CCCCC2)ccc1Cl. The van der Waals surface area contributed by atoms with Crippen LogP contribution in [0.2, 0.25) is 5.02 Å². The van der Waals surface area contributed by atoms with Crippen LogP contribution in [0.4, 0.5) is 11.5 Å². The van der Waals surface area contributed by atoms with Gasteiger partial charge >= 0.3 is 5.97 Å². The number of aromatic nitrogens is 1. The second-order valence-electron chi connectivity index (χ2n) is 6.06. The third-order valence-corrected chi connectivity index (χ3v) is 4.65. The molecule has 1 saturated heterocycles. The second-order valence-corrected chi connectivity index (χ2v) is 6.47. The molecule has 0 unspecified atom stereocenters. The van der Waals surface area contributed by atoms with Crippen LogP contribution in [0.3, 0.4) is 0 Å². The molecule has 2 aromatic rings. The summed E-state index contributed by atoms with van der Waals surface area (Å²) in [6.07, 6.45) is 5.08. The molecule has 6 nitrogen and oxygen atoms in total. The van der Waals surface area contributed by atoms with E-state index in [1.54, 1.807) is 30.5 Å². The second kappa shape index (κ2) is 8.19. The maximum atomic E-state index is 12.8. The van der Waals surface area contributed by atoms with Crippen LogP contribution in [0.25, 0.3) is 0 Å². The van der Waals surface area contributed by atoms with Gasteiger partial charge in [-0.1, -0.05) is 11.6 Å². The summed E-state index contributed by atoms with van der Waals surface area (Å²) in [6.45, 7) is 1.79. The smallest absolute Gasteiger partial charge is 0.339 e. The van der Waals surface area contributed by atoms with Crippen molar-refractivity contribution in [3.63, 3.8) is 0 Å². The van der Waals surface area contributed by atoms with Gasteiger partial charge in [-0.15, -0.1) is 0 Å². The van der Waals surface area contributed by atoms with E-state index in [9.17, 15) is 9.59 Å². The third kappa shape index (κ3) is 3.96. The van der Waals surface area contributed by atoms with E-state index in [-0.39, 0.29) is 16.5 Å². The Bertz CT molecular complexity index is 819. The lowest BCUT2D eigenvalue weighted by Gasteiger charge is -2.29. The molecule has 26 heavy (non-hydrogen) atoms. The lowest BCUT2D eigenvalue weighted by atomic mass is 10.1. The lowest BCUT2D eigenvalue weighted by molar-refractivity contribution is 0.0600. The van der Waals surface area contributed by atoms with Crippen LogP contribution in [0.1, 0.15) is 40.0 Å². The molecule has 0 saturated carbocycles.